The number of benzene rings is 2. The fourth-order valence-electron chi connectivity index (χ4n) is 3.25. The van der Waals surface area contributed by atoms with Gasteiger partial charge in [0.15, 0.2) is 6.10 Å². The van der Waals surface area contributed by atoms with E-state index in [1.165, 1.54) is 5.56 Å². The second-order valence-corrected chi connectivity index (χ2v) is 7.40. The van der Waals surface area contributed by atoms with Crippen molar-refractivity contribution in [2.75, 3.05) is 7.11 Å². The Hall–Kier alpha value is -3.28. The number of carbonyl (C=O) groups is 2. The van der Waals surface area contributed by atoms with Gasteiger partial charge in [0.25, 0.3) is 5.91 Å². The summed E-state index contributed by atoms with van der Waals surface area (Å²) >= 11 is 0. The third kappa shape index (κ3) is 5.00. The van der Waals surface area contributed by atoms with Crippen LogP contribution in [-0.2, 0) is 16.0 Å². The minimum atomic E-state index is -0.932. The maximum atomic E-state index is 12.6. The molecular weight excluding hydrogens is 382 g/mol. The van der Waals surface area contributed by atoms with Gasteiger partial charge < -0.3 is 19.2 Å². The molecule has 0 aliphatic carbocycles. The van der Waals surface area contributed by atoms with E-state index in [9.17, 15) is 9.59 Å². The van der Waals surface area contributed by atoms with Crippen LogP contribution in [0.1, 0.15) is 41.9 Å². The second-order valence-electron chi connectivity index (χ2n) is 7.40. The molecule has 2 aromatic carbocycles. The molecule has 1 amide bonds. The summed E-state index contributed by atoms with van der Waals surface area (Å²) in [6, 6.07) is 15.3. The van der Waals surface area contributed by atoms with Gasteiger partial charge in [0.1, 0.15) is 11.3 Å². The largest absolute Gasteiger partial charge is 0.497 e. The van der Waals surface area contributed by atoms with Crippen LogP contribution in [0.25, 0.3) is 11.0 Å². The van der Waals surface area contributed by atoms with Crippen molar-refractivity contribution >= 4 is 22.8 Å². The van der Waals surface area contributed by atoms with Crippen molar-refractivity contribution in [1.82, 2.24) is 5.32 Å². The molecule has 1 aromatic heterocycles. The van der Waals surface area contributed by atoms with E-state index >= 15 is 0 Å². The van der Waals surface area contributed by atoms with E-state index < -0.39 is 12.1 Å². The average Bonchev–Trinajstić information content (AvgIpc) is 3.08. The molecule has 3 rings (SSSR count). The molecule has 0 unspecified atom stereocenters. The first-order chi connectivity index (χ1) is 14.4. The lowest BCUT2D eigenvalue weighted by molar-refractivity contribution is -0.129. The van der Waals surface area contributed by atoms with Crippen molar-refractivity contribution in [3.63, 3.8) is 0 Å². The van der Waals surface area contributed by atoms with Crippen LogP contribution >= 0.6 is 0 Å². The zero-order valence-corrected chi connectivity index (χ0v) is 17.7. The van der Waals surface area contributed by atoms with Gasteiger partial charge >= 0.3 is 5.97 Å². The molecule has 0 aliphatic rings. The highest BCUT2D eigenvalue weighted by Gasteiger charge is 2.25. The van der Waals surface area contributed by atoms with Gasteiger partial charge in [0.2, 0.25) is 5.76 Å². The van der Waals surface area contributed by atoms with E-state index in [-0.39, 0.29) is 17.7 Å². The van der Waals surface area contributed by atoms with Crippen LogP contribution in [0.2, 0.25) is 0 Å². The zero-order valence-electron chi connectivity index (χ0n) is 17.7. The number of esters is 1. The average molecular weight is 409 g/mol. The Morgan fingerprint density at radius 2 is 1.83 bits per heavy atom. The van der Waals surface area contributed by atoms with Crippen LogP contribution in [0.3, 0.4) is 0 Å². The van der Waals surface area contributed by atoms with E-state index in [0.717, 1.165) is 18.2 Å². The van der Waals surface area contributed by atoms with E-state index in [4.69, 9.17) is 13.9 Å². The quantitative estimate of drug-likeness (QED) is 0.557. The summed E-state index contributed by atoms with van der Waals surface area (Å²) in [5.74, 6) is -0.236. The predicted octanol–water partition coefficient (Wildman–Crippen LogP) is 4.43. The molecule has 158 valence electrons. The van der Waals surface area contributed by atoms with Gasteiger partial charge in [-0.2, -0.15) is 0 Å². The van der Waals surface area contributed by atoms with E-state index in [2.05, 4.69) is 17.4 Å². The van der Waals surface area contributed by atoms with E-state index in [1.54, 1.807) is 39.2 Å². The highest BCUT2D eigenvalue weighted by molar-refractivity contribution is 5.97. The van der Waals surface area contributed by atoms with Crippen molar-refractivity contribution in [3.05, 3.63) is 65.4 Å². The summed E-state index contributed by atoms with van der Waals surface area (Å²) in [6.07, 6.45) is 0.720. The number of ether oxygens (including phenoxy) is 2. The normalized spacial score (nSPS) is 12.9. The summed E-state index contributed by atoms with van der Waals surface area (Å²) in [5, 5.41) is 3.67. The Bertz CT molecular complexity index is 1020. The highest BCUT2D eigenvalue weighted by Crippen LogP contribution is 2.29. The molecule has 30 heavy (non-hydrogen) atoms. The Balaban J connectivity index is 1.57. The molecule has 0 radical (unpaired) electrons. The Morgan fingerprint density at radius 1 is 1.10 bits per heavy atom. The molecule has 3 aromatic rings. The molecule has 0 saturated carbocycles. The molecule has 0 bridgehead atoms. The van der Waals surface area contributed by atoms with Crippen LogP contribution in [0.4, 0.5) is 0 Å². The standard InChI is InChI=1S/C24H27NO5/c1-15(10-11-18-8-6-5-7-9-18)25-23(26)17(3)29-24(27)22-16(2)20-14-19(28-4)12-13-21(20)30-22/h5-9,12-15,17H,10-11H2,1-4H3,(H,25,26)/t15-,17+/m1/s1. The van der Waals surface area contributed by atoms with Gasteiger partial charge in [-0.05, 0) is 57.4 Å². The summed E-state index contributed by atoms with van der Waals surface area (Å²) in [5.41, 5.74) is 2.43. The molecular formula is C24H27NO5. The number of fused-ring (bicyclic) bond motifs is 1. The van der Waals surface area contributed by atoms with Gasteiger partial charge in [-0.15, -0.1) is 0 Å². The second kappa shape index (κ2) is 9.48. The van der Waals surface area contributed by atoms with Gasteiger partial charge in [-0.25, -0.2) is 4.79 Å². The molecule has 6 heteroatoms. The molecule has 1 heterocycles. The van der Waals surface area contributed by atoms with E-state index in [0.29, 0.717) is 16.9 Å². The minimum absolute atomic E-state index is 0.0424. The first kappa shape index (κ1) is 21.4. The molecule has 0 fully saturated rings. The molecule has 0 spiro atoms. The Morgan fingerprint density at radius 3 is 2.53 bits per heavy atom. The number of aryl methyl sites for hydroxylation is 2. The predicted molar refractivity (Wildman–Crippen MR) is 115 cm³/mol. The van der Waals surface area contributed by atoms with Crippen molar-refractivity contribution in [1.29, 1.82) is 0 Å². The van der Waals surface area contributed by atoms with Gasteiger partial charge in [-0.1, -0.05) is 30.3 Å². The first-order valence-electron chi connectivity index (χ1n) is 10.0. The fourth-order valence-corrected chi connectivity index (χ4v) is 3.25. The topological polar surface area (TPSA) is 77.8 Å². The number of amides is 1. The van der Waals surface area contributed by atoms with Gasteiger partial charge in [-0.3, -0.25) is 4.79 Å². The number of nitrogens with one attached hydrogen (secondary N) is 1. The maximum absolute atomic E-state index is 12.6. The van der Waals surface area contributed by atoms with Crippen LogP contribution in [0, 0.1) is 6.92 Å². The number of methoxy groups -OCH3 is 1. The summed E-state index contributed by atoms with van der Waals surface area (Å²) in [7, 11) is 1.58. The van der Waals surface area contributed by atoms with Crippen LogP contribution in [0.5, 0.6) is 5.75 Å². The molecule has 2 atom stereocenters. The highest BCUT2D eigenvalue weighted by atomic mass is 16.6. The number of carbonyl (C=O) groups excluding carboxylic acids is 2. The van der Waals surface area contributed by atoms with Crippen molar-refractivity contribution in [2.45, 2.75) is 45.8 Å². The fraction of sp³-hybridized carbons (Fsp3) is 0.333. The lowest BCUT2D eigenvalue weighted by Crippen LogP contribution is -2.41. The Kier molecular flexibility index (Phi) is 6.77. The number of hydrogen-bond donors (Lipinski definition) is 1. The smallest absolute Gasteiger partial charge is 0.375 e. The van der Waals surface area contributed by atoms with Gasteiger partial charge in [0, 0.05) is 17.0 Å². The van der Waals surface area contributed by atoms with Crippen LogP contribution < -0.4 is 10.1 Å². The van der Waals surface area contributed by atoms with Gasteiger partial charge in [0.05, 0.1) is 7.11 Å². The number of rotatable bonds is 8. The van der Waals surface area contributed by atoms with Crippen molar-refractivity contribution in [3.8, 4) is 5.75 Å². The first-order valence-corrected chi connectivity index (χ1v) is 10.0. The van der Waals surface area contributed by atoms with E-state index in [1.807, 2.05) is 25.1 Å². The third-order valence-electron chi connectivity index (χ3n) is 5.08. The third-order valence-corrected chi connectivity index (χ3v) is 5.08. The minimum Gasteiger partial charge on any atom is -0.497 e. The van der Waals surface area contributed by atoms with Crippen molar-refractivity contribution < 1.29 is 23.5 Å². The molecule has 0 saturated heterocycles. The maximum Gasteiger partial charge on any atom is 0.375 e. The van der Waals surface area contributed by atoms with Crippen LogP contribution in [0.15, 0.2) is 52.9 Å². The van der Waals surface area contributed by atoms with Crippen LogP contribution in [-0.4, -0.2) is 31.1 Å². The molecule has 6 nitrogen and oxygen atoms in total. The number of hydrogen-bond acceptors (Lipinski definition) is 5. The zero-order chi connectivity index (χ0) is 21.7. The summed E-state index contributed by atoms with van der Waals surface area (Å²) in [6.45, 7) is 5.27. The Labute approximate surface area is 176 Å². The molecule has 0 aliphatic heterocycles. The van der Waals surface area contributed by atoms with Crippen molar-refractivity contribution in [2.24, 2.45) is 0 Å². The lowest BCUT2D eigenvalue weighted by atomic mass is 10.1. The molecule has 1 N–H and O–H groups in total. The SMILES string of the molecule is COc1ccc2oc(C(=O)O[C@@H](C)C(=O)N[C@H](C)CCc3ccccc3)c(C)c2c1. The summed E-state index contributed by atoms with van der Waals surface area (Å²) in [4.78, 5) is 25.0. The number of furan rings is 1. The lowest BCUT2D eigenvalue weighted by Gasteiger charge is -2.17. The monoisotopic (exact) mass is 409 g/mol. The summed E-state index contributed by atoms with van der Waals surface area (Å²) < 4.78 is 16.2.